The fraction of sp³-hybridized carbons (Fsp3) is 0.688. The summed E-state index contributed by atoms with van der Waals surface area (Å²) in [5.41, 5.74) is -0.614. The lowest BCUT2D eigenvalue weighted by atomic mass is 10.1. The molecule has 0 saturated heterocycles. The van der Waals surface area contributed by atoms with Crippen molar-refractivity contribution in [2.75, 3.05) is 0 Å². The van der Waals surface area contributed by atoms with Crippen molar-refractivity contribution in [2.45, 2.75) is 63.1 Å². The Kier molecular flexibility index (Phi) is 4.04. The Morgan fingerprint density at radius 3 is 2.22 bits per heavy atom. The van der Waals surface area contributed by atoms with E-state index in [1.807, 2.05) is 0 Å². The summed E-state index contributed by atoms with van der Waals surface area (Å²) in [6, 6.07) is 2.95. The summed E-state index contributed by atoms with van der Waals surface area (Å²) in [5, 5.41) is 2.79. The highest BCUT2D eigenvalue weighted by Gasteiger charge is 2.42. The largest absolute Gasteiger partial charge is 0.438 e. The van der Waals surface area contributed by atoms with E-state index >= 15 is 0 Å². The van der Waals surface area contributed by atoms with Crippen LogP contribution < -0.4 is 10.0 Å². The van der Waals surface area contributed by atoms with E-state index in [2.05, 4.69) is 10.0 Å². The van der Waals surface area contributed by atoms with Crippen LogP contribution in [0.2, 0.25) is 0 Å². The molecular weight excluding hydrogens is 316 g/mol. The predicted octanol–water partition coefficient (Wildman–Crippen LogP) is 2.27. The highest BCUT2D eigenvalue weighted by Crippen LogP contribution is 2.44. The first-order valence-electron chi connectivity index (χ1n) is 8.10. The lowest BCUT2D eigenvalue weighted by Crippen LogP contribution is -2.40. The molecule has 128 valence electrons. The minimum Gasteiger partial charge on any atom is -0.438 e. The van der Waals surface area contributed by atoms with Crippen molar-refractivity contribution in [1.29, 1.82) is 0 Å². The smallest absolute Gasteiger partial charge is 0.287 e. The van der Waals surface area contributed by atoms with E-state index in [1.165, 1.54) is 12.1 Å². The standard InChI is InChI=1S/C16H24N2O4S/c1-16(2,3)18-23(20,21)13-9-8-12(22-13)15(19)17-14(10-4-5-10)11-6-7-11/h8-11,14,18H,4-7H2,1-3H3,(H,17,19). The maximum absolute atomic E-state index is 12.3. The first-order chi connectivity index (χ1) is 10.7. The molecule has 1 amide bonds. The Labute approximate surface area is 137 Å². The lowest BCUT2D eigenvalue weighted by Gasteiger charge is -2.19. The van der Waals surface area contributed by atoms with Gasteiger partial charge in [-0.25, -0.2) is 13.1 Å². The summed E-state index contributed by atoms with van der Waals surface area (Å²) in [5.74, 6) is 0.871. The van der Waals surface area contributed by atoms with E-state index in [4.69, 9.17) is 4.42 Å². The van der Waals surface area contributed by atoms with Gasteiger partial charge in [0.1, 0.15) is 0 Å². The number of carbonyl (C=O) groups is 1. The van der Waals surface area contributed by atoms with E-state index < -0.39 is 15.6 Å². The van der Waals surface area contributed by atoms with E-state index in [-0.39, 0.29) is 22.8 Å². The number of rotatable bonds is 6. The van der Waals surface area contributed by atoms with Gasteiger partial charge in [-0.15, -0.1) is 0 Å². The lowest BCUT2D eigenvalue weighted by molar-refractivity contribution is 0.0892. The van der Waals surface area contributed by atoms with Gasteiger partial charge in [0.2, 0.25) is 5.09 Å². The van der Waals surface area contributed by atoms with E-state index in [0.717, 1.165) is 25.7 Å². The van der Waals surface area contributed by atoms with Gasteiger partial charge < -0.3 is 9.73 Å². The van der Waals surface area contributed by atoms with Crippen molar-refractivity contribution in [3.8, 4) is 0 Å². The first kappa shape index (κ1) is 16.5. The van der Waals surface area contributed by atoms with Gasteiger partial charge in [-0.2, -0.15) is 0 Å². The SMILES string of the molecule is CC(C)(C)NS(=O)(=O)c1ccc(C(=O)NC(C2CC2)C2CC2)o1. The Bertz CT molecular complexity index is 682. The van der Waals surface area contributed by atoms with Crippen LogP contribution in [0.25, 0.3) is 0 Å². The molecule has 23 heavy (non-hydrogen) atoms. The third-order valence-electron chi connectivity index (χ3n) is 4.07. The fourth-order valence-electron chi connectivity index (χ4n) is 2.79. The highest BCUT2D eigenvalue weighted by molar-refractivity contribution is 7.89. The van der Waals surface area contributed by atoms with Crippen molar-refractivity contribution < 1.29 is 17.6 Å². The Morgan fingerprint density at radius 1 is 1.17 bits per heavy atom. The van der Waals surface area contributed by atoms with Crippen LogP contribution in [0.15, 0.2) is 21.6 Å². The average Bonchev–Trinajstić information content (AvgIpc) is 3.32. The third kappa shape index (κ3) is 4.14. The van der Waals surface area contributed by atoms with Crippen molar-refractivity contribution in [3.05, 3.63) is 17.9 Å². The van der Waals surface area contributed by atoms with Crippen molar-refractivity contribution in [2.24, 2.45) is 11.8 Å². The van der Waals surface area contributed by atoms with E-state index in [1.54, 1.807) is 20.8 Å². The average molecular weight is 340 g/mol. The van der Waals surface area contributed by atoms with Crippen molar-refractivity contribution in [3.63, 3.8) is 0 Å². The fourth-order valence-corrected chi connectivity index (χ4v) is 4.15. The second-order valence-corrected chi connectivity index (χ2v) is 9.26. The Morgan fingerprint density at radius 2 is 1.74 bits per heavy atom. The molecule has 7 heteroatoms. The Hall–Kier alpha value is -1.34. The van der Waals surface area contributed by atoms with Crippen LogP contribution in [0.5, 0.6) is 0 Å². The van der Waals surface area contributed by atoms with Gasteiger partial charge in [0, 0.05) is 11.6 Å². The summed E-state index contributed by atoms with van der Waals surface area (Å²) in [7, 11) is -3.76. The molecule has 0 aliphatic heterocycles. The quantitative estimate of drug-likeness (QED) is 0.831. The van der Waals surface area contributed by atoms with Crippen LogP contribution in [0.3, 0.4) is 0 Å². The molecule has 6 nitrogen and oxygen atoms in total. The molecule has 0 atom stereocenters. The van der Waals surface area contributed by atoms with Gasteiger partial charge in [-0.3, -0.25) is 4.79 Å². The number of carbonyl (C=O) groups excluding carboxylic acids is 1. The molecule has 0 aromatic carbocycles. The van der Waals surface area contributed by atoms with Crippen LogP contribution in [-0.4, -0.2) is 25.9 Å². The molecule has 2 aliphatic rings. The summed E-state index contributed by atoms with van der Waals surface area (Å²) < 4.78 is 32.2. The number of hydrogen-bond donors (Lipinski definition) is 2. The molecule has 2 aliphatic carbocycles. The van der Waals surface area contributed by atoms with Crippen LogP contribution in [0.4, 0.5) is 0 Å². The molecule has 2 N–H and O–H groups in total. The number of hydrogen-bond acceptors (Lipinski definition) is 4. The summed E-state index contributed by atoms with van der Waals surface area (Å²) in [4.78, 5) is 12.3. The van der Waals surface area contributed by atoms with Crippen LogP contribution in [-0.2, 0) is 10.0 Å². The second kappa shape index (κ2) is 5.63. The molecule has 0 unspecified atom stereocenters. The zero-order valence-electron chi connectivity index (χ0n) is 13.8. The summed E-state index contributed by atoms with van der Waals surface area (Å²) in [6.45, 7) is 5.24. The maximum atomic E-state index is 12.3. The normalized spacial score (nSPS) is 19.1. The van der Waals surface area contributed by atoms with Gasteiger partial charge in [-0.1, -0.05) is 0 Å². The number of sulfonamides is 1. The second-order valence-electron chi connectivity index (χ2n) is 7.65. The minimum absolute atomic E-state index is 0.0468. The van der Waals surface area contributed by atoms with E-state index in [0.29, 0.717) is 11.8 Å². The van der Waals surface area contributed by atoms with Gasteiger partial charge in [-0.05, 0) is 70.4 Å². The van der Waals surface area contributed by atoms with Crippen LogP contribution in [0, 0.1) is 11.8 Å². The highest BCUT2D eigenvalue weighted by atomic mass is 32.2. The van der Waals surface area contributed by atoms with Crippen LogP contribution >= 0.6 is 0 Å². The van der Waals surface area contributed by atoms with Gasteiger partial charge >= 0.3 is 0 Å². The van der Waals surface area contributed by atoms with Gasteiger partial charge in [0.05, 0.1) is 0 Å². The van der Waals surface area contributed by atoms with E-state index in [9.17, 15) is 13.2 Å². The minimum atomic E-state index is -3.76. The molecule has 1 heterocycles. The topological polar surface area (TPSA) is 88.4 Å². The molecule has 0 radical (unpaired) electrons. The molecule has 0 bridgehead atoms. The Balaban J connectivity index is 1.69. The molecule has 2 fully saturated rings. The van der Waals surface area contributed by atoms with Crippen molar-refractivity contribution in [1.82, 2.24) is 10.0 Å². The summed E-state index contributed by atoms with van der Waals surface area (Å²) in [6.07, 6.45) is 4.65. The van der Waals surface area contributed by atoms with Crippen molar-refractivity contribution >= 4 is 15.9 Å². The number of nitrogens with one attached hydrogen (secondary N) is 2. The molecule has 1 aromatic heterocycles. The monoisotopic (exact) mass is 340 g/mol. The molecule has 2 saturated carbocycles. The third-order valence-corrected chi connectivity index (χ3v) is 5.70. The zero-order valence-corrected chi connectivity index (χ0v) is 14.6. The van der Waals surface area contributed by atoms with Crippen LogP contribution in [0.1, 0.15) is 57.0 Å². The summed E-state index contributed by atoms with van der Waals surface area (Å²) >= 11 is 0. The number of amides is 1. The number of furan rings is 1. The predicted molar refractivity (Wildman–Crippen MR) is 85.5 cm³/mol. The molecule has 0 spiro atoms. The maximum Gasteiger partial charge on any atom is 0.287 e. The molecular formula is C16H24N2O4S. The van der Waals surface area contributed by atoms with Gasteiger partial charge in [0.15, 0.2) is 5.76 Å². The first-order valence-corrected chi connectivity index (χ1v) is 9.59. The molecule has 3 rings (SSSR count). The molecule has 1 aromatic rings. The van der Waals surface area contributed by atoms with Gasteiger partial charge in [0.25, 0.3) is 15.9 Å². The zero-order chi connectivity index (χ0) is 16.8.